The molecule has 0 aromatic heterocycles. The van der Waals surface area contributed by atoms with Gasteiger partial charge in [-0.25, -0.2) is 0 Å². The fourth-order valence-corrected chi connectivity index (χ4v) is 3.20. The Balaban J connectivity index is 1.76. The van der Waals surface area contributed by atoms with Crippen LogP contribution in [0.15, 0.2) is 48.5 Å². The zero-order valence-electron chi connectivity index (χ0n) is 14.9. The molecule has 27 heavy (non-hydrogen) atoms. The van der Waals surface area contributed by atoms with Gasteiger partial charge in [0.05, 0.1) is 5.69 Å². The van der Waals surface area contributed by atoms with E-state index in [0.29, 0.717) is 11.3 Å². The highest BCUT2D eigenvalue weighted by molar-refractivity contribution is 5.98. The van der Waals surface area contributed by atoms with Crippen LogP contribution >= 0.6 is 0 Å². The Morgan fingerprint density at radius 1 is 1.11 bits per heavy atom. The topological polar surface area (TPSA) is 41.6 Å². The van der Waals surface area contributed by atoms with E-state index < -0.39 is 6.36 Å². The first kappa shape index (κ1) is 19.2. The van der Waals surface area contributed by atoms with Crippen molar-refractivity contribution in [2.24, 2.45) is 5.92 Å². The summed E-state index contributed by atoms with van der Waals surface area (Å²) in [5, 5.41) is 2.91. The average Bonchev–Trinajstić information content (AvgIpc) is 2.62. The summed E-state index contributed by atoms with van der Waals surface area (Å²) >= 11 is 0. The molecule has 0 unspecified atom stereocenters. The van der Waals surface area contributed by atoms with Crippen molar-refractivity contribution >= 4 is 17.2 Å². The number of ether oxygens (including phenoxy) is 1. The lowest BCUT2D eigenvalue weighted by Gasteiger charge is -2.28. The van der Waals surface area contributed by atoms with Crippen LogP contribution in [0.3, 0.4) is 0 Å². The SMILES string of the molecule is CN1CCC(C(=O)c2cccc(Nc3ccccc3OC(F)(F)F)c2)CC1. The van der Waals surface area contributed by atoms with Crippen LogP contribution < -0.4 is 10.1 Å². The van der Waals surface area contributed by atoms with E-state index in [0.717, 1.165) is 25.9 Å². The Labute approximate surface area is 155 Å². The molecular weight excluding hydrogens is 357 g/mol. The third-order valence-corrected chi connectivity index (χ3v) is 4.63. The minimum atomic E-state index is -4.77. The monoisotopic (exact) mass is 378 g/mol. The van der Waals surface area contributed by atoms with Gasteiger partial charge in [-0.05, 0) is 57.2 Å². The van der Waals surface area contributed by atoms with Crippen molar-refractivity contribution in [2.75, 3.05) is 25.5 Å². The number of halogens is 3. The zero-order valence-corrected chi connectivity index (χ0v) is 14.9. The molecule has 0 atom stereocenters. The van der Waals surface area contributed by atoms with Crippen molar-refractivity contribution in [1.82, 2.24) is 4.90 Å². The van der Waals surface area contributed by atoms with E-state index in [2.05, 4.69) is 15.0 Å². The third-order valence-electron chi connectivity index (χ3n) is 4.63. The molecule has 0 spiro atoms. The van der Waals surface area contributed by atoms with Crippen molar-refractivity contribution in [3.8, 4) is 5.75 Å². The van der Waals surface area contributed by atoms with Gasteiger partial charge in [-0.1, -0.05) is 24.3 Å². The summed E-state index contributed by atoms with van der Waals surface area (Å²) in [4.78, 5) is 14.9. The Hall–Kier alpha value is -2.54. The number of Topliss-reactive ketones (excluding diaryl/α,β-unsaturated/α-hetero) is 1. The number of rotatable bonds is 5. The van der Waals surface area contributed by atoms with Crippen molar-refractivity contribution in [1.29, 1.82) is 0 Å². The summed E-state index contributed by atoms with van der Waals surface area (Å²) in [6, 6.07) is 12.6. The molecular formula is C20H21F3N2O2. The molecule has 0 saturated carbocycles. The van der Waals surface area contributed by atoms with Gasteiger partial charge in [0.2, 0.25) is 0 Å². The first-order valence-corrected chi connectivity index (χ1v) is 8.76. The summed E-state index contributed by atoms with van der Waals surface area (Å²) < 4.78 is 41.8. The number of piperidine rings is 1. The van der Waals surface area contributed by atoms with Crippen LogP contribution in [0.4, 0.5) is 24.5 Å². The van der Waals surface area contributed by atoms with Crippen molar-refractivity contribution in [3.63, 3.8) is 0 Å². The second-order valence-corrected chi connectivity index (χ2v) is 6.69. The van der Waals surface area contributed by atoms with Gasteiger partial charge in [0, 0.05) is 17.2 Å². The first-order chi connectivity index (χ1) is 12.8. The normalized spacial score (nSPS) is 16.1. The molecule has 0 aliphatic carbocycles. The van der Waals surface area contributed by atoms with Crippen LogP contribution in [0.2, 0.25) is 0 Å². The van der Waals surface area contributed by atoms with Crippen LogP contribution in [0.25, 0.3) is 0 Å². The Bertz CT molecular complexity index is 800. The van der Waals surface area contributed by atoms with E-state index in [-0.39, 0.29) is 23.1 Å². The van der Waals surface area contributed by atoms with Crippen LogP contribution in [0.5, 0.6) is 5.75 Å². The van der Waals surface area contributed by atoms with Crippen LogP contribution in [0, 0.1) is 5.92 Å². The molecule has 144 valence electrons. The fourth-order valence-electron chi connectivity index (χ4n) is 3.20. The second kappa shape index (κ2) is 8.00. The number of anilines is 2. The Morgan fingerprint density at radius 2 is 1.81 bits per heavy atom. The molecule has 1 aliphatic rings. The highest BCUT2D eigenvalue weighted by Gasteiger charge is 2.32. The highest BCUT2D eigenvalue weighted by atomic mass is 19.4. The van der Waals surface area contributed by atoms with Gasteiger partial charge in [-0.15, -0.1) is 13.2 Å². The quantitative estimate of drug-likeness (QED) is 0.755. The van der Waals surface area contributed by atoms with Gasteiger partial charge in [-0.3, -0.25) is 4.79 Å². The van der Waals surface area contributed by atoms with E-state index in [1.165, 1.54) is 18.2 Å². The third kappa shape index (κ3) is 5.23. The molecule has 2 aromatic rings. The van der Waals surface area contributed by atoms with Gasteiger partial charge in [0.25, 0.3) is 0 Å². The lowest BCUT2D eigenvalue weighted by Crippen LogP contribution is -2.33. The molecule has 4 nitrogen and oxygen atoms in total. The number of ketones is 1. The van der Waals surface area contributed by atoms with Crippen LogP contribution in [0.1, 0.15) is 23.2 Å². The number of nitrogens with one attached hydrogen (secondary N) is 1. The number of para-hydroxylation sites is 2. The van der Waals surface area contributed by atoms with Crippen molar-refractivity contribution in [3.05, 3.63) is 54.1 Å². The number of nitrogens with zero attached hydrogens (tertiary/aromatic N) is 1. The summed E-state index contributed by atoms with van der Waals surface area (Å²) in [6.45, 7) is 1.77. The second-order valence-electron chi connectivity index (χ2n) is 6.69. The molecule has 3 rings (SSSR count). The maximum atomic E-state index is 12.7. The zero-order chi connectivity index (χ0) is 19.4. The predicted octanol–water partition coefficient (Wildman–Crippen LogP) is 4.85. The van der Waals surface area contributed by atoms with E-state index >= 15 is 0 Å². The summed E-state index contributed by atoms with van der Waals surface area (Å²) in [5.41, 5.74) is 1.27. The molecule has 0 radical (unpaired) electrons. The maximum absolute atomic E-state index is 12.7. The summed E-state index contributed by atoms with van der Waals surface area (Å²) in [5.74, 6) is -0.263. The van der Waals surface area contributed by atoms with E-state index in [4.69, 9.17) is 0 Å². The van der Waals surface area contributed by atoms with Gasteiger partial charge < -0.3 is 15.0 Å². The number of carbonyl (C=O) groups is 1. The maximum Gasteiger partial charge on any atom is 0.573 e. The number of carbonyl (C=O) groups excluding carboxylic acids is 1. The molecule has 2 aromatic carbocycles. The standard InChI is InChI=1S/C20H21F3N2O2/c1-25-11-9-14(10-12-25)19(26)15-5-4-6-16(13-15)24-17-7-2-3-8-18(17)27-20(21,22)23/h2-8,13-14,24H,9-12H2,1H3. The van der Waals surface area contributed by atoms with E-state index in [9.17, 15) is 18.0 Å². The van der Waals surface area contributed by atoms with Gasteiger partial charge in [0.15, 0.2) is 11.5 Å². The number of alkyl halides is 3. The van der Waals surface area contributed by atoms with E-state index in [1.807, 2.05) is 7.05 Å². The smallest absolute Gasteiger partial charge is 0.404 e. The van der Waals surface area contributed by atoms with Crippen molar-refractivity contribution < 1.29 is 22.7 Å². The average molecular weight is 378 g/mol. The van der Waals surface area contributed by atoms with Gasteiger partial charge in [0.1, 0.15) is 0 Å². The minimum absolute atomic E-state index is 0.0164. The minimum Gasteiger partial charge on any atom is -0.404 e. The largest absolute Gasteiger partial charge is 0.573 e. The number of likely N-dealkylation sites (tertiary alicyclic amines) is 1. The molecule has 1 fully saturated rings. The summed E-state index contributed by atoms with van der Waals surface area (Å²) in [6.07, 6.45) is -3.14. The van der Waals surface area contributed by atoms with Crippen molar-refractivity contribution in [2.45, 2.75) is 19.2 Å². The van der Waals surface area contributed by atoms with E-state index in [1.54, 1.807) is 30.3 Å². The van der Waals surface area contributed by atoms with Crippen LogP contribution in [-0.4, -0.2) is 37.2 Å². The predicted molar refractivity (Wildman–Crippen MR) is 97.4 cm³/mol. The number of hydrogen-bond acceptors (Lipinski definition) is 4. The lowest BCUT2D eigenvalue weighted by atomic mass is 9.89. The molecule has 1 saturated heterocycles. The Morgan fingerprint density at radius 3 is 2.52 bits per heavy atom. The number of hydrogen-bond donors (Lipinski definition) is 1. The highest BCUT2D eigenvalue weighted by Crippen LogP contribution is 2.32. The summed E-state index contributed by atoms with van der Waals surface area (Å²) in [7, 11) is 2.03. The molecule has 0 bridgehead atoms. The molecule has 1 heterocycles. The molecule has 1 N–H and O–H groups in total. The molecule has 7 heteroatoms. The fraction of sp³-hybridized carbons (Fsp3) is 0.350. The first-order valence-electron chi connectivity index (χ1n) is 8.76. The molecule has 0 amide bonds. The van der Waals surface area contributed by atoms with Gasteiger partial charge >= 0.3 is 6.36 Å². The molecule has 1 aliphatic heterocycles. The lowest BCUT2D eigenvalue weighted by molar-refractivity contribution is -0.274. The van der Waals surface area contributed by atoms with Gasteiger partial charge in [-0.2, -0.15) is 0 Å². The van der Waals surface area contributed by atoms with Crippen LogP contribution in [-0.2, 0) is 0 Å². The Kier molecular flexibility index (Phi) is 5.70. The number of benzene rings is 2.